The minimum Gasteiger partial charge on any atom is -0.381 e. The van der Waals surface area contributed by atoms with Crippen molar-refractivity contribution in [2.24, 2.45) is 4.99 Å². The summed E-state index contributed by atoms with van der Waals surface area (Å²) < 4.78 is 49.9. The van der Waals surface area contributed by atoms with E-state index >= 15 is 0 Å². The number of halogens is 4. The summed E-state index contributed by atoms with van der Waals surface area (Å²) in [6, 6.07) is 4.99. The Labute approximate surface area is 181 Å². The van der Waals surface area contributed by atoms with E-state index in [0.29, 0.717) is 37.8 Å². The van der Waals surface area contributed by atoms with Gasteiger partial charge in [-0.05, 0) is 31.5 Å². The molecule has 0 radical (unpaired) electrons. The molecule has 2 N–H and O–H groups in total. The smallest absolute Gasteiger partial charge is 0.381 e. The van der Waals surface area contributed by atoms with Crippen molar-refractivity contribution in [3.05, 3.63) is 35.4 Å². The van der Waals surface area contributed by atoms with Crippen molar-refractivity contribution in [2.75, 3.05) is 33.4 Å². The Balaban J connectivity index is 0.00000392. The monoisotopic (exact) mass is 515 g/mol. The third-order valence-electron chi connectivity index (χ3n) is 4.77. The summed E-state index contributed by atoms with van der Waals surface area (Å²) in [5.74, 6) is 0.547. The van der Waals surface area contributed by atoms with E-state index in [1.165, 1.54) is 6.07 Å². The summed E-state index contributed by atoms with van der Waals surface area (Å²) in [4.78, 5) is 4.61. The fourth-order valence-corrected chi connectivity index (χ4v) is 2.99. The van der Waals surface area contributed by atoms with Gasteiger partial charge in [-0.3, -0.25) is 4.99 Å². The van der Waals surface area contributed by atoms with Crippen LogP contribution in [0.15, 0.2) is 29.3 Å². The van der Waals surface area contributed by atoms with Crippen LogP contribution in [0.3, 0.4) is 0 Å². The third kappa shape index (κ3) is 7.07. The van der Waals surface area contributed by atoms with E-state index in [2.05, 4.69) is 15.6 Å². The summed E-state index contributed by atoms with van der Waals surface area (Å²) in [6.45, 7) is 6.11. The topological polar surface area (TPSA) is 54.9 Å². The molecule has 1 unspecified atom stereocenters. The molecule has 0 amide bonds. The van der Waals surface area contributed by atoms with Gasteiger partial charge in [0.05, 0.1) is 23.8 Å². The molecule has 1 aliphatic heterocycles. The molecular formula is C19H29F3IN3O2. The second kappa shape index (κ2) is 11.2. The number of alkyl halides is 3. The van der Waals surface area contributed by atoms with Crippen LogP contribution in [0.1, 0.15) is 43.9 Å². The maximum Gasteiger partial charge on any atom is 0.416 e. The molecule has 5 nitrogen and oxygen atoms in total. The number of methoxy groups -OCH3 is 1. The zero-order valence-corrected chi connectivity index (χ0v) is 18.8. The van der Waals surface area contributed by atoms with E-state index in [0.717, 1.165) is 25.0 Å². The van der Waals surface area contributed by atoms with Gasteiger partial charge in [0, 0.05) is 39.7 Å². The predicted molar refractivity (Wildman–Crippen MR) is 114 cm³/mol. The molecule has 1 aromatic rings. The molecule has 1 aliphatic rings. The molecule has 0 bridgehead atoms. The van der Waals surface area contributed by atoms with Crippen LogP contribution >= 0.6 is 24.0 Å². The van der Waals surface area contributed by atoms with Crippen LogP contribution in [0, 0.1) is 0 Å². The van der Waals surface area contributed by atoms with Crippen LogP contribution in [0.4, 0.5) is 13.2 Å². The van der Waals surface area contributed by atoms with Gasteiger partial charge in [-0.25, -0.2) is 0 Å². The van der Waals surface area contributed by atoms with E-state index in [-0.39, 0.29) is 35.6 Å². The van der Waals surface area contributed by atoms with Crippen LogP contribution in [0.2, 0.25) is 0 Å². The van der Waals surface area contributed by atoms with Crippen molar-refractivity contribution < 1.29 is 22.6 Å². The van der Waals surface area contributed by atoms with Gasteiger partial charge in [-0.1, -0.05) is 12.1 Å². The first-order valence-corrected chi connectivity index (χ1v) is 9.14. The zero-order valence-electron chi connectivity index (χ0n) is 16.4. The highest BCUT2D eigenvalue weighted by Gasteiger charge is 2.33. The largest absolute Gasteiger partial charge is 0.416 e. The highest BCUT2D eigenvalue weighted by molar-refractivity contribution is 14.0. The highest BCUT2D eigenvalue weighted by atomic mass is 127. The number of hydrogen-bond donors (Lipinski definition) is 2. The Morgan fingerprint density at radius 2 is 2.00 bits per heavy atom. The predicted octanol–water partition coefficient (Wildman–Crippen LogP) is 4.14. The van der Waals surface area contributed by atoms with Gasteiger partial charge < -0.3 is 20.1 Å². The van der Waals surface area contributed by atoms with Gasteiger partial charge in [0.15, 0.2) is 5.96 Å². The summed E-state index contributed by atoms with van der Waals surface area (Å²) in [6.07, 6.45) is -2.84. The lowest BCUT2D eigenvalue weighted by atomic mass is 9.94. The second-order valence-electron chi connectivity index (χ2n) is 6.68. The number of nitrogens with one attached hydrogen (secondary N) is 2. The first kappa shape index (κ1) is 25.0. The minimum atomic E-state index is -4.36. The molecule has 9 heteroatoms. The highest BCUT2D eigenvalue weighted by Crippen LogP contribution is 2.30. The molecule has 0 spiro atoms. The molecule has 0 saturated carbocycles. The van der Waals surface area contributed by atoms with E-state index in [4.69, 9.17) is 9.47 Å². The van der Waals surface area contributed by atoms with E-state index in [1.54, 1.807) is 13.2 Å². The van der Waals surface area contributed by atoms with Gasteiger partial charge in [-0.2, -0.15) is 13.2 Å². The van der Waals surface area contributed by atoms with Crippen LogP contribution in [-0.2, 0) is 15.7 Å². The molecule has 1 heterocycles. The number of aliphatic imine (C=N–C) groups is 1. The number of rotatable bonds is 6. The summed E-state index contributed by atoms with van der Waals surface area (Å²) in [7, 11) is 1.67. The first-order valence-electron chi connectivity index (χ1n) is 9.14. The maximum atomic E-state index is 12.9. The molecule has 0 aliphatic carbocycles. The molecule has 0 aromatic heterocycles. The number of benzene rings is 1. The van der Waals surface area contributed by atoms with Crippen molar-refractivity contribution in [3.8, 4) is 0 Å². The molecular weight excluding hydrogens is 486 g/mol. The number of ether oxygens (including phenoxy) is 2. The SMILES string of the molecule is CCNC(=NCC1(OC)CCOCC1)NC(C)c1cccc(C(F)(F)F)c1.I. The van der Waals surface area contributed by atoms with Crippen LogP contribution < -0.4 is 10.6 Å². The standard InChI is InChI=1S/C19H28F3N3O2.HI/c1-4-23-17(24-13-18(26-3)8-10-27-11-9-18)25-14(2)15-6-5-7-16(12-15)19(20,21)22;/h5-7,12,14H,4,8-11,13H2,1-3H3,(H2,23,24,25);1H. The number of nitrogens with zero attached hydrogens (tertiary/aromatic N) is 1. The normalized spacial score (nSPS) is 18.1. The molecule has 1 fully saturated rings. The van der Waals surface area contributed by atoms with Gasteiger partial charge in [0.1, 0.15) is 0 Å². The van der Waals surface area contributed by atoms with E-state index in [1.807, 2.05) is 13.8 Å². The molecule has 1 saturated heterocycles. The number of hydrogen-bond acceptors (Lipinski definition) is 3. The van der Waals surface area contributed by atoms with Crippen LogP contribution in [0.25, 0.3) is 0 Å². The lowest BCUT2D eigenvalue weighted by Crippen LogP contribution is -2.44. The van der Waals surface area contributed by atoms with Crippen LogP contribution in [-0.4, -0.2) is 45.0 Å². The lowest BCUT2D eigenvalue weighted by molar-refractivity contribution is -0.137. The minimum absolute atomic E-state index is 0. The Hall–Kier alpha value is -1.07. The first-order chi connectivity index (χ1) is 12.8. The summed E-state index contributed by atoms with van der Waals surface area (Å²) in [5, 5.41) is 6.32. The number of guanidine groups is 1. The average molecular weight is 515 g/mol. The molecule has 160 valence electrons. The van der Waals surface area contributed by atoms with Crippen molar-refractivity contribution in [1.29, 1.82) is 0 Å². The molecule has 28 heavy (non-hydrogen) atoms. The van der Waals surface area contributed by atoms with Crippen molar-refractivity contribution >= 4 is 29.9 Å². The fourth-order valence-electron chi connectivity index (χ4n) is 2.99. The van der Waals surface area contributed by atoms with Crippen LogP contribution in [0.5, 0.6) is 0 Å². The Kier molecular flexibility index (Phi) is 9.99. The lowest BCUT2D eigenvalue weighted by Gasteiger charge is -2.34. The molecule has 1 atom stereocenters. The van der Waals surface area contributed by atoms with Gasteiger partial charge in [0.25, 0.3) is 0 Å². The van der Waals surface area contributed by atoms with Gasteiger partial charge >= 0.3 is 6.18 Å². The van der Waals surface area contributed by atoms with Gasteiger partial charge in [0.2, 0.25) is 0 Å². The summed E-state index contributed by atoms with van der Waals surface area (Å²) >= 11 is 0. The van der Waals surface area contributed by atoms with Crippen molar-refractivity contribution in [1.82, 2.24) is 10.6 Å². The van der Waals surface area contributed by atoms with Crippen molar-refractivity contribution in [2.45, 2.75) is 44.5 Å². The average Bonchev–Trinajstić information content (AvgIpc) is 2.66. The Morgan fingerprint density at radius 3 is 2.57 bits per heavy atom. The van der Waals surface area contributed by atoms with Gasteiger partial charge in [-0.15, -0.1) is 24.0 Å². The second-order valence-corrected chi connectivity index (χ2v) is 6.68. The molecule has 2 rings (SSSR count). The third-order valence-corrected chi connectivity index (χ3v) is 4.77. The van der Waals surface area contributed by atoms with E-state index in [9.17, 15) is 13.2 Å². The quantitative estimate of drug-likeness (QED) is 0.340. The fraction of sp³-hybridized carbons (Fsp3) is 0.632. The molecule has 1 aromatic carbocycles. The summed E-state index contributed by atoms with van der Waals surface area (Å²) in [5.41, 5.74) is -0.473. The Morgan fingerprint density at radius 1 is 1.32 bits per heavy atom. The zero-order chi connectivity index (χ0) is 19.9. The van der Waals surface area contributed by atoms with E-state index < -0.39 is 11.7 Å². The van der Waals surface area contributed by atoms with Crippen molar-refractivity contribution in [3.63, 3.8) is 0 Å². The maximum absolute atomic E-state index is 12.9. The Bertz CT molecular complexity index is 635.